The van der Waals surface area contributed by atoms with Gasteiger partial charge in [0.2, 0.25) is 5.91 Å². The zero-order valence-corrected chi connectivity index (χ0v) is 12.3. The Balaban J connectivity index is 2.37. The van der Waals surface area contributed by atoms with E-state index in [0.29, 0.717) is 19.8 Å². The third kappa shape index (κ3) is 2.73. The zero-order chi connectivity index (χ0) is 14.2. The van der Waals surface area contributed by atoms with Crippen molar-refractivity contribution in [2.75, 3.05) is 7.05 Å². The van der Waals surface area contributed by atoms with Crippen LogP contribution in [0.3, 0.4) is 0 Å². The number of rotatable bonds is 2. The van der Waals surface area contributed by atoms with Crippen molar-refractivity contribution < 1.29 is 9.59 Å². The Bertz CT molecular complexity index is 601. The minimum Gasteiger partial charge on any atom is -0.401 e. The number of likely N-dealkylation sites (N-methyl/N-ethyl adjacent to an activating group) is 1. The van der Waals surface area contributed by atoms with E-state index >= 15 is 0 Å². The summed E-state index contributed by atoms with van der Waals surface area (Å²) in [6.45, 7) is 0. The second kappa shape index (κ2) is 5.45. The lowest BCUT2D eigenvalue weighted by Crippen LogP contribution is -2.39. The van der Waals surface area contributed by atoms with Crippen LogP contribution in [0.25, 0.3) is 0 Å². The number of halogens is 2. The fourth-order valence-corrected chi connectivity index (χ4v) is 3.01. The number of carbonyl (C=O) groups excluding carboxylic acids is 2. The van der Waals surface area contributed by atoms with E-state index in [4.69, 9.17) is 28.9 Å². The van der Waals surface area contributed by atoms with Crippen molar-refractivity contribution >= 4 is 46.8 Å². The minimum absolute atomic E-state index is 0.0305. The van der Waals surface area contributed by atoms with E-state index in [9.17, 15) is 9.59 Å². The van der Waals surface area contributed by atoms with E-state index in [1.807, 2.05) is 0 Å². The monoisotopic (exact) mass is 316 g/mol. The molecule has 1 aliphatic rings. The number of carbonyl (C=O) groups is 2. The molecule has 2 N–H and O–H groups in total. The summed E-state index contributed by atoms with van der Waals surface area (Å²) in [4.78, 5) is 25.5. The van der Waals surface area contributed by atoms with Gasteiger partial charge in [-0.1, -0.05) is 41.0 Å². The van der Waals surface area contributed by atoms with Gasteiger partial charge < -0.3 is 5.73 Å². The van der Waals surface area contributed by atoms with E-state index in [1.165, 1.54) is 7.05 Å². The molecule has 2 amide bonds. The molecule has 0 aromatic heterocycles. The minimum atomic E-state index is -0.421. The Kier molecular flexibility index (Phi) is 4.08. The lowest BCUT2D eigenvalue weighted by Gasteiger charge is -2.23. The molecule has 0 fully saturated rings. The Morgan fingerprint density at radius 2 is 2.00 bits per heavy atom. The van der Waals surface area contributed by atoms with Crippen LogP contribution >= 0.6 is 35.0 Å². The molecule has 0 atom stereocenters. The van der Waals surface area contributed by atoms with Gasteiger partial charge in [0, 0.05) is 17.6 Å². The molecule has 1 aromatic carbocycles. The first-order valence-corrected chi connectivity index (χ1v) is 6.90. The number of hydrogen-bond acceptors (Lipinski definition) is 4. The molecule has 19 heavy (non-hydrogen) atoms. The molecule has 0 bridgehead atoms. The Labute approximate surface area is 124 Å². The molecule has 2 rings (SSSR count). The molecule has 1 heterocycles. The van der Waals surface area contributed by atoms with Gasteiger partial charge in [-0.3, -0.25) is 14.5 Å². The lowest BCUT2D eigenvalue weighted by atomic mass is 10.2. The van der Waals surface area contributed by atoms with Gasteiger partial charge in [0.25, 0.3) is 5.91 Å². The van der Waals surface area contributed by atoms with E-state index in [1.54, 1.807) is 18.2 Å². The van der Waals surface area contributed by atoms with Crippen LogP contribution in [0.15, 0.2) is 33.7 Å². The van der Waals surface area contributed by atoms with Gasteiger partial charge in [-0.2, -0.15) is 0 Å². The molecule has 0 spiro atoms. The third-order valence-corrected chi connectivity index (χ3v) is 4.77. The van der Waals surface area contributed by atoms with Gasteiger partial charge in [0.1, 0.15) is 0 Å². The summed E-state index contributed by atoms with van der Waals surface area (Å²) in [5.74, 6) is -0.737. The van der Waals surface area contributed by atoms with Crippen LogP contribution in [0, 0.1) is 0 Å². The number of nitrogens with two attached hydrogens (primary N) is 1. The van der Waals surface area contributed by atoms with Gasteiger partial charge in [-0.25, -0.2) is 0 Å². The molecule has 0 saturated carbocycles. The maximum atomic E-state index is 12.0. The van der Waals surface area contributed by atoms with Crippen molar-refractivity contribution in [3.63, 3.8) is 0 Å². The number of imide groups is 1. The van der Waals surface area contributed by atoms with Crippen molar-refractivity contribution in [2.45, 2.75) is 11.3 Å². The second-order valence-electron chi connectivity index (χ2n) is 3.94. The molecule has 0 radical (unpaired) electrons. The largest absolute Gasteiger partial charge is 0.401 e. The van der Waals surface area contributed by atoms with Crippen molar-refractivity contribution in [3.8, 4) is 0 Å². The van der Waals surface area contributed by atoms with Crippen LogP contribution in [-0.2, 0) is 9.59 Å². The van der Waals surface area contributed by atoms with Crippen molar-refractivity contribution in [1.82, 2.24) is 4.90 Å². The van der Waals surface area contributed by atoms with Gasteiger partial charge in [-0.15, -0.1) is 0 Å². The van der Waals surface area contributed by atoms with Crippen LogP contribution in [0.2, 0.25) is 10.0 Å². The average Bonchev–Trinajstić information content (AvgIpc) is 2.37. The van der Waals surface area contributed by atoms with Gasteiger partial charge >= 0.3 is 0 Å². The maximum Gasteiger partial charge on any atom is 0.268 e. The van der Waals surface area contributed by atoms with Crippen molar-refractivity contribution in [3.05, 3.63) is 38.8 Å². The molecule has 1 aliphatic heterocycles. The van der Waals surface area contributed by atoms with Gasteiger partial charge in [0.15, 0.2) is 0 Å². The SMILES string of the molecule is CN1C(=O)CC(N)=C(Sc2cccc(Cl)c2Cl)C1=O. The predicted octanol–water partition coefficient (Wildman–Crippen LogP) is 2.64. The van der Waals surface area contributed by atoms with Crippen LogP contribution in [0.1, 0.15) is 6.42 Å². The van der Waals surface area contributed by atoms with Crippen molar-refractivity contribution in [2.24, 2.45) is 5.73 Å². The van der Waals surface area contributed by atoms with E-state index in [-0.39, 0.29) is 18.0 Å². The molecule has 7 heteroatoms. The van der Waals surface area contributed by atoms with Crippen molar-refractivity contribution in [1.29, 1.82) is 0 Å². The van der Waals surface area contributed by atoms with Crippen LogP contribution in [0.4, 0.5) is 0 Å². The molecule has 0 saturated heterocycles. The maximum absolute atomic E-state index is 12.0. The summed E-state index contributed by atoms with van der Waals surface area (Å²) in [7, 11) is 1.43. The summed E-state index contributed by atoms with van der Waals surface area (Å²) >= 11 is 13.1. The summed E-state index contributed by atoms with van der Waals surface area (Å²) in [5.41, 5.74) is 6.03. The fourth-order valence-electron chi connectivity index (χ4n) is 1.55. The summed E-state index contributed by atoms with van der Waals surface area (Å²) in [6.07, 6.45) is 0.0305. The number of benzene rings is 1. The number of hydrogen-bond donors (Lipinski definition) is 1. The smallest absolute Gasteiger partial charge is 0.268 e. The third-order valence-electron chi connectivity index (χ3n) is 2.63. The summed E-state index contributed by atoms with van der Waals surface area (Å²) in [6, 6.07) is 5.13. The average molecular weight is 317 g/mol. The Morgan fingerprint density at radius 3 is 2.68 bits per heavy atom. The topological polar surface area (TPSA) is 63.4 Å². The van der Waals surface area contributed by atoms with E-state index in [0.717, 1.165) is 16.7 Å². The molecule has 100 valence electrons. The zero-order valence-electron chi connectivity index (χ0n) is 9.94. The second-order valence-corrected chi connectivity index (χ2v) is 5.78. The first-order valence-electron chi connectivity index (χ1n) is 5.33. The number of nitrogens with zero attached hydrogens (tertiary/aromatic N) is 1. The summed E-state index contributed by atoms with van der Waals surface area (Å²) in [5, 5.41) is 0.764. The highest BCUT2D eigenvalue weighted by atomic mass is 35.5. The first kappa shape index (κ1) is 14.2. The number of thioether (sulfide) groups is 1. The Hall–Kier alpha value is -1.17. The van der Waals surface area contributed by atoms with Crippen LogP contribution < -0.4 is 5.73 Å². The highest BCUT2D eigenvalue weighted by Crippen LogP contribution is 2.39. The molecule has 4 nitrogen and oxygen atoms in total. The molecular formula is C12H10Cl2N2O2S. The highest BCUT2D eigenvalue weighted by molar-refractivity contribution is 8.04. The first-order chi connectivity index (χ1) is 8.91. The molecular weight excluding hydrogens is 307 g/mol. The molecule has 1 aromatic rings. The lowest BCUT2D eigenvalue weighted by molar-refractivity contribution is -0.141. The Morgan fingerprint density at radius 1 is 1.32 bits per heavy atom. The summed E-state index contributed by atoms with van der Waals surface area (Å²) < 4.78 is 0. The van der Waals surface area contributed by atoms with E-state index in [2.05, 4.69) is 0 Å². The molecule has 0 aliphatic carbocycles. The molecule has 0 unspecified atom stereocenters. The van der Waals surface area contributed by atoms with E-state index < -0.39 is 5.91 Å². The predicted molar refractivity (Wildman–Crippen MR) is 75.9 cm³/mol. The fraction of sp³-hybridized carbons (Fsp3) is 0.167. The van der Waals surface area contributed by atoms with Crippen LogP contribution in [-0.4, -0.2) is 23.8 Å². The van der Waals surface area contributed by atoms with Gasteiger partial charge in [0.05, 0.1) is 21.4 Å². The normalized spacial score (nSPS) is 16.3. The van der Waals surface area contributed by atoms with Crippen LogP contribution in [0.5, 0.6) is 0 Å². The quantitative estimate of drug-likeness (QED) is 0.852. The number of amides is 2. The van der Waals surface area contributed by atoms with Gasteiger partial charge in [-0.05, 0) is 12.1 Å². The highest BCUT2D eigenvalue weighted by Gasteiger charge is 2.30. The standard InChI is InChI=1S/C12H10Cl2N2O2S/c1-16-9(17)5-7(15)11(12(16)18)19-8-4-2-3-6(13)10(8)14/h2-4H,5,15H2,1H3.